The van der Waals surface area contributed by atoms with Crippen LogP contribution in [0.1, 0.15) is 27.2 Å². The zero-order valence-electron chi connectivity index (χ0n) is 14.5. The molecular formula is C20H20N4O. The van der Waals surface area contributed by atoms with Crippen LogP contribution in [0, 0.1) is 20.8 Å². The summed E-state index contributed by atoms with van der Waals surface area (Å²) in [6, 6.07) is 15.3. The number of carbonyl (C=O) groups excluding carboxylic acids is 1. The maximum atomic E-state index is 12.5. The van der Waals surface area contributed by atoms with Crippen LogP contribution in [0.5, 0.6) is 0 Å². The summed E-state index contributed by atoms with van der Waals surface area (Å²) >= 11 is 0. The van der Waals surface area contributed by atoms with E-state index in [1.807, 2.05) is 63.2 Å². The van der Waals surface area contributed by atoms with E-state index in [9.17, 15) is 4.79 Å². The second kappa shape index (κ2) is 7.13. The van der Waals surface area contributed by atoms with Gasteiger partial charge < -0.3 is 10.6 Å². The molecule has 0 saturated heterocycles. The van der Waals surface area contributed by atoms with Gasteiger partial charge in [-0.05, 0) is 56.2 Å². The molecule has 3 rings (SSSR count). The van der Waals surface area contributed by atoms with Crippen LogP contribution < -0.4 is 10.6 Å². The Morgan fingerprint density at radius 1 is 0.960 bits per heavy atom. The number of aromatic nitrogens is 2. The van der Waals surface area contributed by atoms with Crippen LogP contribution in [0.15, 0.2) is 54.7 Å². The first kappa shape index (κ1) is 16.6. The van der Waals surface area contributed by atoms with Crippen LogP contribution in [-0.2, 0) is 0 Å². The van der Waals surface area contributed by atoms with Crippen LogP contribution in [0.3, 0.4) is 0 Å². The largest absolute Gasteiger partial charge is 0.324 e. The van der Waals surface area contributed by atoms with Gasteiger partial charge >= 0.3 is 0 Å². The standard InChI is InChI=1S/C20H20N4O/c1-13-7-9-16(10-8-13)22-20-21-12-11-18(24-20)19(25)23-17-6-4-5-14(2)15(17)3/h4-12H,1-3H3,(H,23,25)(H,21,22,24). The molecule has 126 valence electrons. The molecule has 0 saturated carbocycles. The maximum absolute atomic E-state index is 12.5. The average Bonchev–Trinajstić information content (AvgIpc) is 2.61. The van der Waals surface area contributed by atoms with Gasteiger partial charge in [-0.2, -0.15) is 0 Å². The molecule has 2 N–H and O–H groups in total. The first-order valence-corrected chi connectivity index (χ1v) is 8.07. The highest BCUT2D eigenvalue weighted by molar-refractivity contribution is 6.03. The fourth-order valence-electron chi connectivity index (χ4n) is 2.38. The smallest absolute Gasteiger partial charge is 0.274 e. The number of hydrogen-bond acceptors (Lipinski definition) is 4. The Labute approximate surface area is 147 Å². The van der Waals surface area contributed by atoms with E-state index in [1.54, 1.807) is 12.3 Å². The molecule has 5 nitrogen and oxygen atoms in total. The van der Waals surface area contributed by atoms with E-state index in [4.69, 9.17) is 0 Å². The molecule has 0 aliphatic rings. The van der Waals surface area contributed by atoms with E-state index in [1.165, 1.54) is 5.56 Å². The molecule has 0 spiro atoms. The monoisotopic (exact) mass is 332 g/mol. The van der Waals surface area contributed by atoms with E-state index < -0.39 is 0 Å². The average molecular weight is 332 g/mol. The SMILES string of the molecule is Cc1ccc(Nc2nccc(C(=O)Nc3cccc(C)c3C)n2)cc1. The molecule has 0 fully saturated rings. The van der Waals surface area contributed by atoms with Gasteiger partial charge in [-0.3, -0.25) is 4.79 Å². The van der Waals surface area contributed by atoms with Crippen LogP contribution in [-0.4, -0.2) is 15.9 Å². The van der Waals surface area contributed by atoms with Gasteiger partial charge in [-0.1, -0.05) is 29.8 Å². The lowest BCUT2D eigenvalue weighted by Gasteiger charge is -2.10. The number of nitrogens with one attached hydrogen (secondary N) is 2. The van der Waals surface area contributed by atoms with E-state index in [2.05, 4.69) is 20.6 Å². The molecule has 0 unspecified atom stereocenters. The maximum Gasteiger partial charge on any atom is 0.274 e. The Morgan fingerprint density at radius 3 is 2.48 bits per heavy atom. The minimum atomic E-state index is -0.261. The number of nitrogens with zero attached hydrogens (tertiary/aromatic N) is 2. The molecule has 1 heterocycles. The zero-order valence-corrected chi connectivity index (χ0v) is 14.5. The van der Waals surface area contributed by atoms with Gasteiger partial charge in [0.2, 0.25) is 5.95 Å². The number of carbonyl (C=O) groups is 1. The van der Waals surface area contributed by atoms with Crippen LogP contribution in [0.2, 0.25) is 0 Å². The lowest BCUT2D eigenvalue weighted by Crippen LogP contribution is -2.15. The Hall–Kier alpha value is -3.21. The number of rotatable bonds is 4. The molecule has 5 heteroatoms. The van der Waals surface area contributed by atoms with Gasteiger partial charge in [0, 0.05) is 17.6 Å². The van der Waals surface area contributed by atoms with Crippen LogP contribution in [0.4, 0.5) is 17.3 Å². The molecule has 0 aliphatic carbocycles. The van der Waals surface area contributed by atoms with Crippen molar-refractivity contribution in [1.29, 1.82) is 0 Å². The fourth-order valence-corrected chi connectivity index (χ4v) is 2.38. The quantitative estimate of drug-likeness (QED) is 0.743. The molecule has 1 aromatic heterocycles. The molecule has 2 aromatic carbocycles. The number of aryl methyl sites for hydroxylation is 2. The van der Waals surface area contributed by atoms with Gasteiger partial charge in [0.25, 0.3) is 5.91 Å². The fraction of sp³-hybridized carbons (Fsp3) is 0.150. The van der Waals surface area contributed by atoms with Crippen molar-refractivity contribution in [2.45, 2.75) is 20.8 Å². The van der Waals surface area contributed by atoms with Crippen molar-refractivity contribution in [3.63, 3.8) is 0 Å². The number of amides is 1. The van der Waals surface area contributed by atoms with Gasteiger partial charge in [0.1, 0.15) is 5.69 Å². The molecule has 0 radical (unpaired) electrons. The minimum absolute atomic E-state index is 0.261. The summed E-state index contributed by atoms with van der Waals surface area (Å²) < 4.78 is 0. The third-order valence-electron chi connectivity index (χ3n) is 4.05. The summed E-state index contributed by atoms with van der Waals surface area (Å²) in [7, 11) is 0. The molecule has 25 heavy (non-hydrogen) atoms. The number of hydrogen-bond donors (Lipinski definition) is 2. The predicted octanol–water partition coefficient (Wildman–Crippen LogP) is 4.40. The highest BCUT2D eigenvalue weighted by Gasteiger charge is 2.11. The third-order valence-corrected chi connectivity index (χ3v) is 4.05. The van der Waals surface area contributed by atoms with Crippen molar-refractivity contribution in [3.8, 4) is 0 Å². The molecule has 0 aliphatic heterocycles. The van der Waals surface area contributed by atoms with Gasteiger partial charge in [0.15, 0.2) is 0 Å². The molecule has 0 bridgehead atoms. The van der Waals surface area contributed by atoms with Crippen molar-refractivity contribution < 1.29 is 4.79 Å². The van der Waals surface area contributed by atoms with Crippen molar-refractivity contribution in [3.05, 3.63) is 77.1 Å². The van der Waals surface area contributed by atoms with Crippen LogP contribution >= 0.6 is 0 Å². The Morgan fingerprint density at radius 2 is 1.72 bits per heavy atom. The van der Waals surface area contributed by atoms with Crippen molar-refractivity contribution in [2.24, 2.45) is 0 Å². The van der Waals surface area contributed by atoms with E-state index in [-0.39, 0.29) is 5.91 Å². The molecular weight excluding hydrogens is 312 g/mol. The first-order chi connectivity index (χ1) is 12.0. The van der Waals surface area contributed by atoms with E-state index in [0.29, 0.717) is 11.6 Å². The Kier molecular flexibility index (Phi) is 4.75. The Balaban J connectivity index is 1.77. The van der Waals surface area contributed by atoms with E-state index >= 15 is 0 Å². The summed E-state index contributed by atoms with van der Waals surface area (Å²) in [5.74, 6) is 0.125. The number of anilines is 3. The lowest BCUT2D eigenvalue weighted by atomic mass is 10.1. The second-order valence-electron chi connectivity index (χ2n) is 5.96. The first-order valence-electron chi connectivity index (χ1n) is 8.07. The van der Waals surface area contributed by atoms with Gasteiger partial charge in [-0.25, -0.2) is 9.97 Å². The number of benzene rings is 2. The zero-order chi connectivity index (χ0) is 17.8. The summed E-state index contributed by atoms with van der Waals surface area (Å²) in [5, 5.41) is 6.02. The van der Waals surface area contributed by atoms with E-state index in [0.717, 1.165) is 22.5 Å². The van der Waals surface area contributed by atoms with Crippen molar-refractivity contribution in [1.82, 2.24) is 9.97 Å². The van der Waals surface area contributed by atoms with Crippen molar-refractivity contribution >= 4 is 23.2 Å². The van der Waals surface area contributed by atoms with Crippen molar-refractivity contribution in [2.75, 3.05) is 10.6 Å². The topological polar surface area (TPSA) is 66.9 Å². The predicted molar refractivity (Wildman–Crippen MR) is 100 cm³/mol. The molecule has 1 amide bonds. The summed E-state index contributed by atoms with van der Waals surface area (Å²) in [6.07, 6.45) is 1.57. The summed E-state index contributed by atoms with van der Waals surface area (Å²) in [4.78, 5) is 21.0. The minimum Gasteiger partial charge on any atom is -0.324 e. The molecule has 0 atom stereocenters. The lowest BCUT2D eigenvalue weighted by molar-refractivity contribution is 0.102. The second-order valence-corrected chi connectivity index (χ2v) is 5.96. The summed E-state index contributed by atoms with van der Waals surface area (Å²) in [5.41, 5.74) is 5.32. The normalized spacial score (nSPS) is 10.4. The Bertz CT molecular complexity index is 904. The highest BCUT2D eigenvalue weighted by atomic mass is 16.1. The highest BCUT2D eigenvalue weighted by Crippen LogP contribution is 2.19. The third kappa shape index (κ3) is 4.01. The summed E-state index contributed by atoms with van der Waals surface area (Å²) in [6.45, 7) is 6.02. The van der Waals surface area contributed by atoms with Gasteiger partial charge in [0.05, 0.1) is 0 Å². The van der Waals surface area contributed by atoms with Crippen LogP contribution in [0.25, 0.3) is 0 Å². The van der Waals surface area contributed by atoms with Gasteiger partial charge in [-0.15, -0.1) is 0 Å². The molecule has 3 aromatic rings.